The Bertz CT molecular complexity index is 654. The van der Waals surface area contributed by atoms with Gasteiger partial charge < -0.3 is 5.11 Å². The number of Topliss-reactive ketones (excluding diaryl/α,β-unsaturated/α-hetero) is 1. The van der Waals surface area contributed by atoms with Gasteiger partial charge in [0.2, 0.25) is 0 Å². The Labute approximate surface area is 122 Å². The van der Waals surface area contributed by atoms with E-state index in [2.05, 4.69) is 0 Å². The predicted molar refractivity (Wildman–Crippen MR) is 78.0 cm³/mol. The maximum Gasteiger partial charge on any atom is 0.275 e. The third kappa shape index (κ3) is 3.14. The van der Waals surface area contributed by atoms with Crippen molar-refractivity contribution in [1.82, 2.24) is 0 Å². The van der Waals surface area contributed by atoms with E-state index >= 15 is 0 Å². The lowest BCUT2D eigenvalue weighted by atomic mass is 9.89. The summed E-state index contributed by atoms with van der Waals surface area (Å²) in [5, 5.41) is 21.3. The van der Waals surface area contributed by atoms with Crippen LogP contribution < -0.4 is 0 Å². The van der Waals surface area contributed by atoms with Crippen LogP contribution >= 0.6 is 0 Å². The number of ketones is 1. The van der Waals surface area contributed by atoms with Crippen molar-refractivity contribution in [2.45, 2.75) is 13.0 Å². The van der Waals surface area contributed by atoms with E-state index < -0.39 is 16.9 Å². The molecule has 0 aliphatic rings. The zero-order valence-corrected chi connectivity index (χ0v) is 11.5. The molecule has 0 aliphatic heterocycles. The van der Waals surface area contributed by atoms with Crippen LogP contribution in [0.2, 0.25) is 0 Å². The molecule has 5 heteroatoms. The van der Waals surface area contributed by atoms with Crippen LogP contribution in [0.25, 0.3) is 0 Å². The number of carbonyl (C=O) groups is 1. The third-order valence-electron chi connectivity index (χ3n) is 3.40. The van der Waals surface area contributed by atoms with Crippen LogP contribution in [0.1, 0.15) is 28.9 Å². The number of aliphatic hydroxyl groups excluding tert-OH is 1. The summed E-state index contributed by atoms with van der Waals surface area (Å²) in [7, 11) is 0. The van der Waals surface area contributed by atoms with Gasteiger partial charge in [0.05, 0.1) is 16.6 Å². The highest BCUT2D eigenvalue weighted by Gasteiger charge is 2.29. The SMILES string of the molecule is CC(C(=O)c1ccccc1)C(O)c1ccccc1[N+](=O)[O-]. The predicted octanol–water partition coefficient (Wildman–Crippen LogP) is 3.15. The molecule has 0 aliphatic carbocycles. The summed E-state index contributed by atoms with van der Waals surface area (Å²) in [4.78, 5) is 22.8. The largest absolute Gasteiger partial charge is 0.387 e. The molecule has 21 heavy (non-hydrogen) atoms. The maximum absolute atomic E-state index is 12.3. The van der Waals surface area contributed by atoms with Crippen LogP contribution in [0.3, 0.4) is 0 Å². The van der Waals surface area contributed by atoms with Gasteiger partial charge in [0.25, 0.3) is 5.69 Å². The second kappa shape index (κ2) is 6.28. The van der Waals surface area contributed by atoms with Gasteiger partial charge in [-0.3, -0.25) is 14.9 Å². The van der Waals surface area contributed by atoms with Crippen LogP contribution in [0.5, 0.6) is 0 Å². The normalized spacial score (nSPS) is 13.4. The van der Waals surface area contributed by atoms with Gasteiger partial charge in [-0.15, -0.1) is 0 Å². The topological polar surface area (TPSA) is 80.4 Å². The summed E-state index contributed by atoms with van der Waals surface area (Å²) in [5.74, 6) is -1.02. The lowest BCUT2D eigenvalue weighted by Crippen LogP contribution is -2.20. The number of rotatable bonds is 5. The Balaban J connectivity index is 2.30. The van der Waals surface area contributed by atoms with Crippen LogP contribution in [0, 0.1) is 16.0 Å². The minimum Gasteiger partial charge on any atom is -0.387 e. The highest BCUT2D eigenvalue weighted by molar-refractivity contribution is 5.98. The molecule has 0 fully saturated rings. The molecule has 0 radical (unpaired) electrons. The van der Waals surface area contributed by atoms with E-state index in [1.165, 1.54) is 18.2 Å². The Morgan fingerprint density at radius 3 is 2.29 bits per heavy atom. The molecule has 108 valence electrons. The van der Waals surface area contributed by atoms with Crippen LogP contribution in [0.4, 0.5) is 5.69 Å². The van der Waals surface area contributed by atoms with E-state index in [1.54, 1.807) is 43.3 Å². The third-order valence-corrected chi connectivity index (χ3v) is 3.40. The summed E-state index contributed by atoms with van der Waals surface area (Å²) in [6, 6.07) is 14.5. The van der Waals surface area contributed by atoms with Gasteiger partial charge in [0.15, 0.2) is 5.78 Å². The highest BCUT2D eigenvalue weighted by atomic mass is 16.6. The van der Waals surface area contributed by atoms with Crippen molar-refractivity contribution in [2.24, 2.45) is 5.92 Å². The minimum atomic E-state index is -1.22. The molecule has 0 saturated heterocycles. The van der Waals surface area contributed by atoms with E-state index in [0.717, 1.165) is 0 Å². The molecule has 2 atom stereocenters. The first-order valence-corrected chi connectivity index (χ1v) is 6.53. The number of carbonyl (C=O) groups excluding carboxylic acids is 1. The van der Waals surface area contributed by atoms with E-state index in [0.29, 0.717) is 5.56 Å². The highest BCUT2D eigenvalue weighted by Crippen LogP contribution is 2.31. The molecule has 0 amide bonds. The molecular formula is C16H15NO4. The van der Waals surface area contributed by atoms with Gasteiger partial charge in [-0.1, -0.05) is 49.4 Å². The second-order valence-corrected chi connectivity index (χ2v) is 4.78. The number of benzene rings is 2. The van der Waals surface area contributed by atoms with E-state index in [1.807, 2.05) is 0 Å². The average Bonchev–Trinajstić information content (AvgIpc) is 2.53. The number of hydrogen-bond donors (Lipinski definition) is 1. The van der Waals surface area contributed by atoms with Gasteiger partial charge in [-0.25, -0.2) is 0 Å². The zero-order valence-electron chi connectivity index (χ0n) is 11.5. The lowest BCUT2D eigenvalue weighted by molar-refractivity contribution is -0.386. The smallest absolute Gasteiger partial charge is 0.275 e. The van der Waals surface area contributed by atoms with Gasteiger partial charge >= 0.3 is 0 Å². The van der Waals surface area contributed by atoms with Gasteiger partial charge in [-0.2, -0.15) is 0 Å². The molecule has 1 N–H and O–H groups in total. The number of aliphatic hydroxyl groups is 1. The first kappa shape index (κ1) is 14.9. The first-order chi connectivity index (χ1) is 10.0. The van der Waals surface area contributed by atoms with E-state index in [4.69, 9.17) is 0 Å². The van der Waals surface area contributed by atoms with Gasteiger partial charge in [-0.05, 0) is 6.07 Å². The monoisotopic (exact) mass is 285 g/mol. The summed E-state index contributed by atoms with van der Waals surface area (Å²) in [6.45, 7) is 1.57. The standard InChI is InChI=1S/C16H15NO4/c1-11(15(18)12-7-3-2-4-8-12)16(19)13-9-5-6-10-14(13)17(20)21/h2-11,16,19H,1H3. The molecule has 0 heterocycles. The summed E-state index contributed by atoms with van der Waals surface area (Å²) in [5.41, 5.74) is 0.444. The van der Waals surface area contributed by atoms with Crippen LogP contribution in [0.15, 0.2) is 54.6 Å². The molecule has 5 nitrogen and oxygen atoms in total. The fourth-order valence-corrected chi connectivity index (χ4v) is 2.18. The van der Waals surface area contributed by atoms with Crippen molar-refractivity contribution in [3.63, 3.8) is 0 Å². The summed E-state index contributed by atoms with van der Waals surface area (Å²) in [6.07, 6.45) is -1.22. The van der Waals surface area contributed by atoms with Crippen molar-refractivity contribution in [1.29, 1.82) is 0 Å². The second-order valence-electron chi connectivity index (χ2n) is 4.78. The number of para-hydroxylation sites is 1. The zero-order chi connectivity index (χ0) is 15.4. The van der Waals surface area contributed by atoms with Crippen molar-refractivity contribution in [3.8, 4) is 0 Å². The summed E-state index contributed by atoms with van der Waals surface area (Å²) >= 11 is 0. The number of hydrogen-bond acceptors (Lipinski definition) is 4. The number of nitro benzene ring substituents is 1. The molecule has 0 bridgehead atoms. The fraction of sp³-hybridized carbons (Fsp3) is 0.188. The van der Waals surface area contributed by atoms with Crippen LogP contribution in [-0.2, 0) is 0 Å². The molecule has 0 spiro atoms. The average molecular weight is 285 g/mol. The van der Waals surface area contributed by atoms with E-state index in [9.17, 15) is 20.0 Å². The molecule has 2 aromatic carbocycles. The quantitative estimate of drug-likeness (QED) is 0.520. The molecule has 0 saturated carbocycles. The lowest BCUT2D eigenvalue weighted by Gasteiger charge is -2.18. The first-order valence-electron chi connectivity index (χ1n) is 6.53. The minimum absolute atomic E-state index is 0.152. The molecule has 2 rings (SSSR count). The molecule has 2 unspecified atom stereocenters. The number of nitro groups is 1. The maximum atomic E-state index is 12.3. The van der Waals surface area contributed by atoms with Crippen LogP contribution in [-0.4, -0.2) is 15.8 Å². The molecular weight excluding hydrogens is 270 g/mol. The Kier molecular flexibility index (Phi) is 4.45. The van der Waals surface area contributed by atoms with Crippen molar-refractivity contribution < 1.29 is 14.8 Å². The van der Waals surface area contributed by atoms with E-state index in [-0.39, 0.29) is 17.0 Å². The Morgan fingerprint density at radius 1 is 1.10 bits per heavy atom. The molecule has 0 aromatic heterocycles. The number of nitrogens with zero attached hydrogens (tertiary/aromatic N) is 1. The Hall–Kier alpha value is -2.53. The van der Waals surface area contributed by atoms with Gasteiger partial charge in [0.1, 0.15) is 0 Å². The van der Waals surface area contributed by atoms with Gasteiger partial charge in [0, 0.05) is 17.5 Å². The van der Waals surface area contributed by atoms with Crippen molar-refractivity contribution in [3.05, 3.63) is 75.8 Å². The van der Waals surface area contributed by atoms with Crippen molar-refractivity contribution in [2.75, 3.05) is 0 Å². The Morgan fingerprint density at radius 2 is 1.67 bits per heavy atom. The molecule has 2 aromatic rings. The summed E-state index contributed by atoms with van der Waals surface area (Å²) < 4.78 is 0. The van der Waals surface area contributed by atoms with Crippen molar-refractivity contribution >= 4 is 11.5 Å². The fourth-order valence-electron chi connectivity index (χ4n) is 2.18.